The molecule has 4 nitrogen and oxygen atoms in total. The molecule has 1 aromatic heterocycles. The van der Waals surface area contributed by atoms with Crippen molar-refractivity contribution in [3.05, 3.63) is 16.5 Å². The maximum Gasteiger partial charge on any atom is 0.224 e. The summed E-state index contributed by atoms with van der Waals surface area (Å²) in [5.74, 6) is 0.644. The summed E-state index contributed by atoms with van der Waals surface area (Å²) in [5.41, 5.74) is 0. The number of aromatic nitrogens is 2. The van der Waals surface area contributed by atoms with Crippen LogP contribution in [0.4, 0.5) is 5.82 Å². The highest BCUT2D eigenvalue weighted by Crippen LogP contribution is 2.22. The Labute approximate surface area is 118 Å². The maximum atomic E-state index is 6.04. The SMILES string of the molecule is CCCN1CCC(Nc2nc(Cl)ncc2Cl)CC1. The zero-order chi connectivity index (χ0) is 13.0. The second kappa shape index (κ2) is 6.55. The van der Waals surface area contributed by atoms with Gasteiger partial charge in [0.15, 0.2) is 0 Å². The minimum Gasteiger partial charge on any atom is -0.366 e. The van der Waals surface area contributed by atoms with Gasteiger partial charge in [-0.15, -0.1) is 0 Å². The lowest BCUT2D eigenvalue weighted by Crippen LogP contribution is -2.39. The Bertz CT molecular complexity index is 392. The van der Waals surface area contributed by atoms with Crippen LogP contribution in [-0.2, 0) is 0 Å². The predicted octanol–water partition coefficient (Wildman–Crippen LogP) is 3.07. The van der Waals surface area contributed by atoms with Crippen LogP contribution in [0.3, 0.4) is 0 Å². The first-order valence-corrected chi connectivity index (χ1v) is 7.11. The first-order valence-electron chi connectivity index (χ1n) is 6.36. The van der Waals surface area contributed by atoms with Gasteiger partial charge in [0.25, 0.3) is 0 Å². The Morgan fingerprint density at radius 2 is 2.11 bits per heavy atom. The van der Waals surface area contributed by atoms with E-state index in [1.165, 1.54) is 19.2 Å². The van der Waals surface area contributed by atoms with Crippen LogP contribution in [0, 0.1) is 0 Å². The number of piperidine rings is 1. The van der Waals surface area contributed by atoms with Crippen molar-refractivity contribution in [1.29, 1.82) is 0 Å². The lowest BCUT2D eigenvalue weighted by atomic mass is 10.0. The molecule has 1 fully saturated rings. The molecule has 1 aromatic rings. The number of nitrogens with one attached hydrogen (secondary N) is 1. The molecule has 0 spiro atoms. The summed E-state index contributed by atoms with van der Waals surface area (Å²) in [7, 11) is 0. The van der Waals surface area contributed by atoms with Crippen LogP contribution in [0.15, 0.2) is 6.20 Å². The van der Waals surface area contributed by atoms with Crippen LogP contribution in [0.1, 0.15) is 26.2 Å². The fraction of sp³-hybridized carbons (Fsp3) is 0.667. The molecule has 1 aliphatic heterocycles. The summed E-state index contributed by atoms with van der Waals surface area (Å²) in [6, 6.07) is 0.418. The van der Waals surface area contributed by atoms with E-state index < -0.39 is 0 Å². The van der Waals surface area contributed by atoms with Crippen molar-refractivity contribution in [2.75, 3.05) is 25.0 Å². The van der Waals surface area contributed by atoms with Crippen LogP contribution in [0.2, 0.25) is 10.3 Å². The minimum absolute atomic E-state index is 0.227. The normalized spacial score (nSPS) is 17.9. The van der Waals surface area contributed by atoms with Crippen molar-refractivity contribution in [2.45, 2.75) is 32.2 Å². The lowest BCUT2D eigenvalue weighted by Gasteiger charge is -2.32. The van der Waals surface area contributed by atoms with E-state index in [1.54, 1.807) is 0 Å². The van der Waals surface area contributed by atoms with Gasteiger partial charge in [-0.05, 0) is 37.4 Å². The molecule has 0 aliphatic carbocycles. The van der Waals surface area contributed by atoms with Gasteiger partial charge in [-0.2, -0.15) is 4.98 Å². The van der Waals surface area contributed by atoms with Gasteiger partial charge in [0.1, 0.15) is 10.8 Å². The average molecular weight is 289 g/mol. The molecule has 2 rings (SSSR count). The minimum atomic E-state index is 0.227. The largest absolute Gasteiger partial charge is 0.366 e. The van der Waals surface area contributed by atoms with Crippen LogP contribution in [0.25, 0.3) is 0 Å². The predicted molar refractivity (Wildman–Crippen MR) is 75.4 cm³/mol. The molecule has 0 unspecified atom stereocenters. The molecule has 0 bridgehead atoms. The van der Waals surface area contributed by atoms with Crippen LogP contribution in [0.5, 0.6) is 0 Å². The van der Waals surface area contributed by atoms with Gasteiger partial charge in [-0.3, -0.25) is 0 Å². The van der Waals surface area contributed by atoms with E-state index in [2.05, 4.69) is 27.1 Å². The van der Waals surface area contributed by atoms with Gasteiger partial charge in [0, 0.05) is 19.1 Å². The molecule has 0 radical (unpaired) electrons. The van der Waals surface area contributed by atoms with E-state index >= 15 is 0 Å². The van der Waals surface area contributed by atoms with Gasteiger partial charge in [-0.25, -0.2) is 4.98 Å². The van der Waals surface area contributed by atoms with E-state index in [0.717, 1.165) is 25.9 Å². The molecule has 0 atom stereocenters. The zero-order valence-electron chi connectivity index (χ0n) is 10.5. The molecule has 0 aromatic carbocycles. The summed E-state index contributed by atoms with van der Waals surface area (Å²) < 4.78 is 0. The number of nitrogens with zero attached hydrogens (tertiary/aromatic N) is 3. The second-order valence-electron chi connectivity index (χ2n) is 4.60. The van der Waals surface area contributed by atoms with Gasteiger partial charge < -0.3 is 10.2 Å². The summed E-state index contributed by atoms with van der Waals surface area (Å²) >= 11 is 11.8. The highest BCUT2D eigenvalue weighted by Gasteiger charge is 2.19. The van der Waals surface area contributed by atoms with Crippen molar-refractivity contribution in [1.82, 2.24) is 14.9 Å². The van der Waals surface area contributed by atoms with E-state index in [1.807, 2.05) is 0 Å². The van der Waals surface area contributed by atoms with Crippen LogP contribution < -0.4 is 5.32 Å². The molecule has 6 heteroatoms. The highest BCUT2D eigenvalue weighted by atomic mass is 35.5. The van der Waals surface area contributed by atoms with Gasteiger partial charge in [-0.1, -0.05) is 18.5 Å². The van der Waals surface area contributed by atoms with Crippen molar-refractivity contribution >= 4 is 29.0 Å². The first kappa shape index (κ1) is 13.8. The van der Waals surface area contributed by atoms with Crippen molar-refractivity contribution in [3.63, 3.8) is 0 Å². The Hall–Kier alpha value is -0.580. The Morgan fingerprint density at radius 1 is 1.39 bits per heavy atom. The summed E-state index contributed by atoms with van der Waals surface area (Å²) in [6.07, 6.45) is 4.97. The topological polar surface area (TPSA) is 41.0 Å². The molecule has 2 heterocycles. The number of anilines is 1. The number of likely N-dealkylation sites (tertiary alicyclic amines) is 1. The van der Waals surface area contributed by atoms with Gasteiger partial charge in [0.2, 0.25) is 5.28 Å². The number of hydrogen-bond donors (Lipinski definition) is 1. The van der Waals surface area contributed by atoms with E-state index in [-0.39, 0.29) is 5.28 Å². The monoisotopic (exact) mass is 288 g/mol. The Balaban J connectivity index is 1.89. The standard InChI is InChI=1S/C12H18Cl2N4/c1-2-5-18-6-3-9(4-7-18)16-11-10(13)8-15-12(14)17-11/h8-9H,2-7H2,1H3,(H,15,16,17). The third-order valence-electron chi connectivity index (χ3n) is 3.18. The third-order valence-corrected chi connectivity index (χ3v) is 3.64. The molecule has 1 saturated heterocycles. The Morgan fingerprint density at radius 3 is 2.78 bits per heavy atom. The molecule has 1 aliphatic rings. The summed E-state index contributed by atoms with van der Waals surface area (Å²) in [6.45, 7) is 5.66. The highest BCUT2D eigenvalue weighted by molar-refractivity contribution is 6.33. The van der Waals surface area contributed by atoms with Crippen molar-refractivity contribution in [2.24, 2.45) is 0 Å². The van der Waals surface area contributed by atoms with Crippen molar-refractivity contribution < 1.29 is 0 Å². The maximum absolute atomic E-state index is 6.04. The fourth-order valence-corrected chi connectivity index (χ4v) is 2.54. The van der Waals surface area contributed by atoms with Gasteiger partial charge in [0.05, 0.1) is 6.20 Å². The van der Waals surface area contributed by atoms with E-state index in [9.17, 15) is 0 Å². The summed E-state index contributed by atoms with van der Waals surface area (Å²) in [4.78, 5) is 10.5. The molecule has 0 amide bonds. The Kier molecular flexibility index (Phi) is 5.03. The number of rotatable bonds is 4. The first-order chi connectivity index (χ1) is 8.69. The van der Waals surface area contributed by atoms with Gasteiger partial charge >= 0.3 is 0 Å². The van der Waals surface area contributed by atoms with Crippen LogP contribution in [-0.4, -0.2) is 40.5 Å². The quantitative estimate of drug-likeness (QED) is 0.865. The molecule has 1 N–H and O–H groups in total. The van der Waals surface area contributed by atoms with Crippen molar-refractivity contribution in [3.8, 4) is 0 Å². The lowest BCUT2D eigenvalue weighted by molar-refractivity contribution is 0.219. The molecular weight excluding hydrogens is 271 g/mol. The van der Waals surface area contributed by atoms with E-state index in [4.69, 9.17) is 23.2 Å². The fourth-order valence-electron chi connectivity index (χ4n) is 2.26. The molecule has 100 valence electrons. The summed E-state index contributed by atoms with van der Waals surface area (Å²) in [5, 5.41) is 4.11. The molecular formula is C12H18Cl2N4. The molecule has 0 saturated carbocycles. The third kappa shape index (κ3) is 3.70. The van der Waals surface area contributed by atoms with E-state index in [0.29, 0.717) is 16.9 Å². The second-order valence-corrected chi connectivity index (χ2v) is 5.34. The zero-order valence-corrected chi connectivity index (χ0v) is 12.0. The number of halogens is 2. The molecule has 18 heavy (non-hydrogen) atoms. The average Bonchev–Trinajstić information content (AvgIpc) is 2.37. The van der Waals surface area contributed by atoms with Crippen LogP contribution >= 0.6 is 23.2 Å². The number of hydrogen-bond acceptors (Lipinski definition) is 4. The smallest absolute Gasteiger partial charge is 0.224 e.